The number of nitrogens with one attached hydrogen (secondary N) is 1. The van der Waals surface area contributed by atoms with E-state index in [1.807, 2.05) is 13.0 Å². The molecular weight excluding hydrogens is 407 g/mol. The van der Waals surface area contributed by atoms with Crippen LogP contribution in [0.3, 0.4) is 0 Å². The van der Waals surface area contributed by atoms with E-state index in [1.165, 1.54) is 5.56 Å². The molecule has 0 fully saturated rings. The third-order valence-electron chi connectivity index (χ3n) is 4.67. The molecule has 2 heterocycles. The highest BCUT2D eigenvalue weighted by molar-refractivity contribution is 6.36. The second-order valence-corrected chi connectivity index (χ2v) is 7.68. The van der Waals surface area contributed by atoms with Gasteiger partial charge in [-0.2, -0.15) is 5.10 Å². The van der Waals surface area contributed by atoms with Crippen LogP contribution >= 0.6 is 23.2 Å². The highest BCUT2D eigenvalue weighted by atomic mass is 35.5. The first-order valence-electron chi connectivity index (χ1n) is 9.06. The first kappa shape index (κ1) is 19.4. The largest absolute Gasteiger partial charge is 0.323 e. The van der Waals surface area contributed by atoms with E-state index in [-0.39, 0.29) is 12.5 Å². The summed E-state index contributed by atoms with van der Waals surface area (Å²) in [5.41, 5.74) is 5.31. The molecule has 0 unspecified atom stereocenters. The highest BCUT2D eigenvalue weighted by Gasteiger charge is 2.16. The summed E-state index contributed by atoms with van der Waals surface area (Å²) in [6.45, 7) is 4.00. The van der Waals surface area contributed by atoms with Crippen molar-refractivity contribution in [2.24, 2.45) is 0 Å². The zero-order chi connectivity index (χ0) is 20.5. The molecule has 0 bridgehead atoms. The molecule has 0 spiro atoms. The lowest BCUT2D eigenvalue weighted by atomic mass is 10.0. The molecule has 29 heavy (non-hydrogen) atoms. The van der Waals surface area contributed by atoms with E-state index in [1.54, 1.807) is 29.1 Å². The SMILES string of the molecule is Cc1ccc(-c2ccnc3c2c(C)nn3CC(=O)Nc2ccc(Cl)cc2Cl)cc1. The molecule has 5 nitrogen and oxygen atoms in total. The second-order valence-electron chi connectivity index (χ2n) is 6.84. The van der Waals surface area contributed by atoms with Crippen molar-refractivity contribution in [2.75, 3.05) is 5.32 Å². The van der Waals surface area contributed by atoms with Gasteiger partial charge in [-0.1, -0.05) is 53.0 Å². The minimum atomic E-state index is -0.249. The van der Waals surface area contributed by atoms with Gasteiger partial charge in [0.15, 0.2) is 5.65 Å². The molecular formula is C22H18Cl2N4O. The minimum absolute atomic E-state index is 0.0215. The van der Waals surface area contributed by atoms with Crippen molar-refractivity contribution >= 4 is 45.8 Å². The first-order valence-corrected chi connectivity index (χ1v) is 9.82. The summed E-state index contributed by atoms with van der Waals surface area (Å²) in [7, 11) is 0. The van der Waals surface area contributed by atoms with Gasteiger partial charge in [0.25, 0.3) is 0 Å². The van der Waals surface area contributed by atoms with Crippen LogP contribution in [0, 0.1) is 13.8 Å². The summed E-state index contributed by atoms with van der Waals surface area (Å²) in [5, 5.41) is 9.17. The molecule has 0 aliphatic carbocycles. The van der Waals surface area contributed by atoms with Crippen molar-refractivity contribution in [3.8, 4) is 11.1 Å². The van der Waals surface area contributed by atoms with E-state index in [2.05, 4.69) is 46.6 Å². The van der Waals surface area contributed by atoms with Crippen LogP contribution < -0.4 is 5.32 Å². The highest BCUT2D eigenvalue weighted by Crippen LogP contribution is 2.30. The summed E-state index contributed by atoms with van der Waals surface area (Å²) < 4.78 is 1.61. The fourth-order valence-corrected chi connectivity index (χ4v) is 3.74. The molecule has 0 saturated heterocycles. The van der Waals surface area contributed by atoms with E-state index in [0.717, 1.165) is 22.2 Å². The van der Waals surface area contributed by atoms with Gasteiger partial charge in [0.05, 0.1) is 16.4 Å². The zero-order valence-electron chi connectivity index (χ0n) is 15.9. The van der Waals surface area contributed by atoms with Crippen LogP contribution in [0.2, 0.25) is 10.0 Å². The van der Waals surface area contributed by atoms with Gasteiger partial charge in [-0.3, -0.25) is 4.79 Å². The number of rotatable bonds is 4. The number of anilines is 1. The van der Waals surface area contributed by atoms with Crippen LogP contribution in [-0.4, -0.2) is 20.7 Å². The quantitative estimate of drug-likeness (QED) is 0.459. The standard InChI is InChI=1S/C22H18Cl2N4O/c1-13-3-5-15(6-4-13)17-9-10-25-22-21(17)14(2)27-28(22)12-20(29)26-19-8-7-16(23)11-18(19)24/h3-11H,12H2,1-2H3,(H,26,29). The number of hydrogen-bond donors (Lipinski definition) is 1. The molecule has 0 aliphatic rings. The number of nitrogens with zero attached hydrogens (tertiary/aromatic N) is 3. The number of carbonyl (C=O) groups is 1. The van der Waals surface area contributed by atoms with Crippen LogP contribution in [0.5, 0.6) is 0 Å². The second kappa shape index (κ2) is 7.85. The molecule has 1 amide bonds. The lowest BCUT2D eigenvalue weighted by Crippen LogP contribution is -2.20. The van der Waals surface area contributed by atoms with Crippen LogP contribution in [0.25, 0.3) is 22.2 Å². The Kier molecular flexibility index (Phi) is 5.26. The average molecular weight is 425 g/mol. The van der Waals surface area contributed by atoms with Gasteiger partial charge in [-0.05, 0) is 49.2 Å². The smallest absolute Gasteiger partial charge is 0.246 e. The van der Waals surface area contributed by atoms with Gasteiger partial charge in [0, 0.05) is 16.6 Å². The van der Waals surface area contributed by atoms with Crippen LogP contribution in [0.1, 0.15) is 11.3 Å². The fraction of sp³-hybridized carbons (Fsp3) is 0.136. The van der Waals surface area contributed by atoms with Crippen LogP contribution in [0.15, 0.2) is 54.7 Å². The summed E-state index contributed by atoms with van der Waals surface area (Å²) in [6.07, 6.45) is 1.74. The van der Waals surface area contributed by atoms with Crippen molar-refractivity contribution in [2.45, 2.75) is 20.4 Å². The van der Waals surface area contributed by atoms with E-state index in [0.29, 0.717) is 21.4 Å². The maximum Gasteiger partial charge on any atom is 0.246 e. The number of benzene rings is 2. The Morgan fingerprint density at radius 1 is 1.07 bits per heavy atom. The molecule has 2 aromatic heterocycles. The topological polar surface area (TPSA) is 59.8 Å². The first-order chi connectivity index (χ1) is 13.9. The third-order valence-corrected chi connectivity index (χ3v) is 5.22. The number of hydrogen-bond acceptors (Lipinski definition) is 3. The molecule has 0 atom stereocenters. The Morgan fingerprint density at radius 3 is 2.55 bits per heavy atom. The normalized spacial score (nSPS) is 11.0. The zero-order valence-corrected chi connectivity index (χ0v) is 17.4. The average Bonchev–Trinajstić information content (AvgIpc) is 3.00. The van der Waals surface area contributed by atoms with Gasteiger partial charge in [-0.25, -0.2) is 9.67 Å². The summed E-state index contributed by atoms with van der Waals surface area (Å²) >= 11 is 12.0. The molecule has 7 heteroatoms. The van der Waals surface area contributed by atoms with E-state index < -0.39 is 0 Å². The number of aromatic nitrogens is 3. The van der Waals surface area contributed by atoms with Crippen molar-refractivity contribution in [1.29, 1.82) is 0 Å². The Bertz CT molecular complexity index is 1220. The van der Waals surface area contributed by atoms with Gasteiger partial charge in [0.1, 0.15) is 6.54 Å². The van der Waals surface area contributed by atoms with Crippen molar-refractivity contribution in [3.05, 3.63) is 76.0 Å². The Balaban J connectivity index is 1.66. The number of aryl methyl sites for hydroxylation is 2. The molecule has 1 N–H and O–H groups in total. The molecule has 146 valence electrons. The Morgan fingerprint density at radius 2 is 1.83 bits per heavy atom. The van der Waals surface area contributed by atoms with Gasteiger partial charge in [0.2, 0.25) is 5.91 Å². The van der Waals surface area contributed by atoms with E-state index in [9.17, 15) is 4.79 Å². The lowest BCUT2D eigenvalue weighted by molar-refractivity contribution is -0.116. The molecule has 0 radical (unpaired) electrons. The number of amides is 1. The molecule has 0 saturated carbocycles. The van der Waals surface area contributed by atoms with Crippen LogP contribution in [0.4, 0.5) is 5.69 Å². The van der Waals surface area contributed by atoms with Gasteiger partial charge in [-0.15, -0.1) is 0 Å². The van der Waals surface area contributed by atoms with Crippen molar-refractivity contribution < 1.29 is 4.79 Å². The summed E-state index contributed by atoms with van der Waals surface area (Å²) in [4.78, 5) is 17.0. The third kappa shape index (κ3) is 3.97. The Hall–Kier alpha value is -2.89. The number of halogens is 2. The van der Waals surface area contributed by atoms with E-state index >= 15 is 0 Å². The maximum atomic E-state index is 12.6. The number of pyridine rings is 1. The summed E-state index contributed by atoms with van der Waals surface area (Å²) in [6, 6.07) is 15.2. The number of fused-ring (bicyclic) bond motifs is 1. The predicted molar refractivity (Wildman–Crippen MR) is 118 cm³/mol. The monoisotopic (exact) mass is 424 g/mol. The predicted octanol–water partition coefficient (Wildman–Crippen LogP) is 5.66. The summed E-state index contributed by atoms with van der Waals surface area (Å²) in [5.74, 6) is -0.249. The maximum absolute atomic E-state index is 12.6. The number of carbonyl (C=O) groups excluding carboxylic acids is 1. The molecule has 4 aromatic rings. The van der Waals surface area contributed by atoms with Crippen LogP contribution in [-0.2, 0) is 11.3 Å². The molecule has 0 aliphatic heterocycles. The fourth-order valence-electron chi connectivity index (χ4n) is 3.28. The molecule has 4 rings (SSSR count). The van der Waals surface area contributed by atoms with Crippen molar-refractivity contribution in [3.63, 3.8) is 0 Å². The van der Waals surface area contributed by atoms with Crippen molar-refractivity contribution in [1.82, 2.24) is 14.8 Å². The van der Waals surface area contributed by atoms with Gasteiger partial charge >= 0.3 is 0 Å². The van der Waals surface area contributed by atoms with E-state index in [4.69, 9.17) is 23.2 Å². The minimum Gasteiger partial charge on any atom is -0.323 e. The van der Waals surface area contributed by atoms with Gasteiger partial charge < -0.3 is 5.32 Å². The molecule has 2 aromatic carbocycles. The Labute approximate surface area is 178 Å². The lowest BCUT2D eigenvalue weighted by Gasteiger charge is -2.08.